The molecule has 1 aromatic carbocycles. The Hall–Kier alpha value is -3.34. The summed E-state index contributed by atoms with van der Waals surface area (Å²) in [4.78, 5) is 36.8. The van der Waals surface area contributed by atoms with Gasteiger partial charge in [0.05, 0.1) is 17.7 Å². The van der Waals surface area contributed by atoms with Crippen molar-refractivity contribution in [3.05, 3.63) is 60.6 Å². The van der Waals surface area contributed by atoms with Crippen molar-refractivity contribution in [3.63, 3.8) is 0 Å². The highest BCUT2D eigenvalue weighted by atomic mass is 19.1. The average molecular weight is 343 g/mol. The van der Waals surface area contributed by atoms with Crippen LogP contribution in [0.4, 0.5) is 4.39 Å². The van der Waals surface area contributed by atoms with Crippen LogP contribution in [-0.4, -0.2) is 13.7 Å². The lowest BCUT2D eigenvalue weighted by molar-refractivity contribution is 0.519. The standard InChI is InChI=1S/C17H14FN3O4/c1-5-6-20-13-8-12(11(18)7-14(13)25-17(20)24)21-15(22)9(2)10(3)19(4)16(21)23/h1,7-8H,6H2,2-4H3. The second-order valence-electron chi connectivity index (χ2n) is 5.62. The van der Waals surface area contributed by atoms with Crippen LogP contribution in [0.1, 0.15) is 11.3 Å². The third-order valence-electron chi connectivity index (χ3n) is 4.28. The number of nitrogens with zero attached hydrogens (tertiary/aromatic N) is 3. The quantitative estimate of drug-likeness (QED) is 0.646. The summed E-state index contributed by atoms with van der Waals surface area (Å²) in [7, 11) is 1.49. The normalized spacial score (nSPS) is 11.0. The Morgan fingerprint density at radius 1 is 1.24 bits per heavy atom. The first-order valence-corrected chi connectivity index (χ1v) is 7.34. The maximum absolute atomic E-state index is 14.5. The topological polar surface area (TPSA) is 79.1 Å². The minimum absolute atomic E-state index is 0.0183. The molecular weight excluding hydrogens is 329 g/mol. The summed E-state index contributed by atoms with van der Waals surface area (Å²) < 4.78 is 22.6. The van der Waals surface area contributed by atoms with Crippen molar-refractivity contribution < 1.29 is 8.81 Å². The van der Waals surface area contributed by atoms with Gasteiger partial charge in [-0.15, -0.1) is 6.42 Å². The van der Waals surface area contributed by atoms with Crippen LogP contribution in [0.5, 0.6) is 0 Å². The predicted octanol–water partition coefficient (Wildman–Crippen LogP) is 0.833. The van der Waals surface area contributed by atoms with Crippen molar-refractivity contribution in [2.24, 2.45) is 7.05 Å². The Labute approximate surface area is 140 Å². The van der Waals surface area contributed by atoms with Gasteiger partial charge in [0.2, 0.25) is 0 Å². The van der Waals surface area contributed by atoms with Crippen molar-refractivity contribution in [1.29, 1.82) is 0 Å². The molecule has 0 aliphatic rings. The fourth-order valence-corrected chi connectivity index (χ4v) is 2.65. The second-order valence-corrected chi connectivity index (χ2v) is 5.62. The summed E-state index contributed by atoms with van der Waals surface area (Å²) in [5.74, 6) is 0.690. The maximum Gasteiger partial charge on any atom is 0.420 e. The van der Waals surface area contributed by atoms with Gasteiger partial charge in [-0.3, -0.25) is 9.36 Å². The molecule has 0 N–H and O–H groups in total. The predicted molar refractivity (Wildman–Crippen MR) is 89.6 cm³/mol. The van der Waals surface area contributed by atoms with Gasteiger partial charge in [-0.2, -0.15) is 0 Å². The largest absolute Gasteiger partial charge is 0.420 e. The summed E-state index contributed by atoms with van der Waals surface area (Å²) in [6, 6.07) is 2.17. The van der Waals surface area contributed by atoms with E-state index in [0.29, 0.717) is 11.3 Å². The van der Waals surface area contributed by atoms with Gasteiger partial charge >= 0.3 is 11.4 Å². The van der Waals surface area contributed by atoms with Crippen LogP contribution in [0.25, 0.3) is 16.8 Å². The molecule has 2 heterocycles. The van der Waals surface area contributed by atoms with E-state index in [0.717, 1.165) is 15.2 Å². The van der Waals surface area contributed by atoms with E-state index >= 15 is 0 Å². The van der Waals surface area contributed by atoms with Crippen molar-refractivity contribution in [3.8, 4) is 18.0 Å². The lowest BCUT2D eigenvalue weighted by Crippen LogP contribution is -2.40. The zero-order valence-corrected chi connectivity index (χ0v) is 13.8. The van der Waals surface area contributed by atoms with Crippen LogP contribution in [-0.2, 0) is 13.6 Å². The van der Waals surface area contributed by atoms with E-state index in [9.17, 15) is 18.8 Å². The summed E-state index contributed by atoms with van der Waals surface area (Å²) in [5, 5.41) is 0. The Bertz CT molecular complexity index is 1200. The van der Waals surface area contributed by atoms with Crippen molar-refractivity contribution in [1.82, 2.24) is 13.7 Å². The van der Waals surface area contributed by atoms with Crippen molar-refractivity contribution in [2.45, 2.75) is 20.4 Å². The molecule has 0 spiro atoms. The molecule has 0 unspecified atom stereocenters. The van der Waals surface area contributed by atoms with Crippen molar-refractivity contribution in [2.75, 3.05) is 0 Å². The van der Waals surface area contributed by atoms with E-state index in [1.807, 2.05) is 0 Å². The first-order chi connectivity index (χ1) is 11.8. The van der Waals surface area contributed by atoms with Gasteiger partial charge in [0.1, 0.15) is 0 Å². The van der Waals surface area contributed by atoms with Crippen LogP contribution in [0.3, 0.4) is 0 Å². The first-order valence-electron chi connectivity index (χ1n) is 7.34. The Morgan fingerprint density at radius 3 is 2.56 bits per heavy atom. The Morgan fingerprint density at radius 2 is 1.92 bits per heavy atom. The molecule has 0 amide bonds. The fourth-order valence-electron chi connectivity index (χ4n) is 2.65. The van der Waals surface area contributed by atoms with Crippen LogP contribution < -0.4 is 17.0 Å². The lowest BCUT2D eigenvalue weighted by Gasteiger charge is -2.13. The smallest absolute Gasteiger partial charge is 0.408 e. The van der Waals surface area contributed by atoms with Gasteiger partial charge < -0.3 is 8.98 Å². The van der Waals surface area contributed by atoms with E-state index in [4.69, 9.17) is 10.8 Å². The zero-order chi connectivity index (χ0) is 18.5. The molecule has 0 atom stereocenters. The summed E-state index contributed by atoms with van der Waals surface area (Å²) in [6.45, 7) is 3.09. The van der Waals surface area contributed by atoms with E-state index in [-0.39, 0.29) is 23.3 Å². The molecule has 128 valence electrons. The van der Waals surface area contributed by atoms with Crippen LogP contribution in [0.2, 0.25) is 0 Å². The van der Waals surface area contributed by atoms with Gasteiger partial charge in [0.15, 0.2) is 11.4 Å². The molecule has 0 saturated heterocycles. The molecule has 0 aliphatic carbocycles. The van der Waals surface area contributed by atoms with Gasteiger partial charge in [-0.05, 0) is 19.9 Å². The molecule has 2 aromatic heterocycles. The highest BCUT2D eigenvalue weighted by molar-refractivity contribution is 5.76. The number of terminal acetylenes is 1. The van der Waals surface area contributed by atoms with Gasteiger partial charge in [-0.25, -0.2) is 18.5 Å². The number of fused-ring (bicyclic) bond motifs is 1. The minimum Gasteiger partial charge on any atom is -0.408 e. The molecule has 0 radical (unpaired) electrons. The molecule has 0 aliphatic heterocycles. The highest BCUT2D eigenvalue weighted by Crippen LogP contribution is 2.20. The Kier molecular flexibility index (Phi) is 3.72. The summed E-state index contributed by atoms with van der Waals surface area (Å²) >= 11 is 0. The maximum atomic E-state index is 14.5. The molecule has 25 heavy (non-hydrogen) atoms. The molecule has 3 aromatic rings. The van der Waals surface area contributed by atoms with Gasteiger partial charge in [-0.1, -0.05) is 5.92 Å². The molecule has 0 fully saturated rings. The molecular formula is C17H14FN3O4. The SMILES string of the molecule is C#CCn1c(=O)oc2cc(F)c(-n3c(=O)c(C)c(C)n(C)c3=O)cc21. The number of hydrogen-bond donors (Lipinski definition) is 0. The summed E-state index contributed by atoms with van der Waals surface area (Å²) in [6.07, 6.45) is 5.23. The van der Waals surface area contributed by atoms with Crippen molar-refractivity contribution >= 4 is 11.1 Å². The van der Waals surface area contributed by atoms with E-state index in [2.05, 4.69) is 5.92 Å². The number of hydrogen-bond acceptors (Lipinski definition) is 4. The van der Waals surface area contributed by atoms with E-state index in [1.165, 1.54) is 17.7 Å². The van der Waals surface area contributed by atoms with Crippen LogP contribution in [0.15, 0.2) is 30.9 Å². The minimum atomic E-state index is -0.864. The number of aromatic nitrogens is 3. The molecule has 8 heteroatoms. The van der Waals surface area contributed by atoms with Gasteiger partial charge in [0.25, 0.3) is 5.56 Å². The third-order valence-corrected chi connectivity index (χ3v) is 4.28. The fraction of sp³-hybridized carbons (Fsp3) is 0.235. The molecule has 0 saturated carbocycles. The third kappa shape index (κ3) is 2.32. The highest BCUT2D eigenvalue weighted by Gasteiger charge is 2.19. The number of oxazole rings is 1. The number of halogens is 1. The van der Waals surface area contributed by atoms with Crippen LogP contribution in [0, 0.1) is 32.0 Å². The van der Waals surface area contributed by atoms with E-state index < -0.39 is 22.8 Å². The zero-order valence-electron chi connectivity index (χ0n) is 13.8. The van der Waals surface area contributed by atoms with Gasteiger partial charge in [0, 0.05) is 24.4 Å². The molecule has 0 bridgehead atoms. The lowest BCUT2D eigenvalue weighted by atomic mass is 10.2. The molecule has 3 rings (SSSR count). The van der Waals surface area contributed by atoms with E-state index in [1.54, 1.807) is 13.8 Å². The molecule has 7 nitrogen and oxygen atoms in total. The number of rotatable bonds is 2. The Balaban J connectivity index is 2.46. The van der Waals surface area contributed by atoms with Crippen LogP contribution >= 0.6 is 0 Å². The first kappa shape index (κ1) is 16.5. The average Bonchev–Trinajstić information content (AvgIpc) is 2.87. The monoisotopic (exact) mass is 343 g/mol. The number of benzene rings is 1. The summed E-state index contributed by atoms with van der Waals surface area (Å²) in [5.41, 5.74) is -0.613. The second kappa shape index (κ2) is 5.63.